The van der Waals surface area contributed by atoms with Gasteiger partial charge in [0.05, 0.1) is 29.2 Å². The van der Waals surface area contributed by atoms with Crippen LogP contribution in [0.4, 0.5) is 5.82 Å². The fraction of sp³-hybridized carbons (Fsp3) is 0.464. The second kappa shape index (κ2) is 10.2. The number of pyridine rings is 1. The van der Waals surface area contributed by atoms with Crippen LogP contribution < -0.4 is 4.90 Å². The molecule has 0 radical (unpaired) electrons. The minimum Gasteiger partial charge on any atom is -0.396 e. The SMILES string of the molecule is C=Cc1cnnc(-c2c(C3CC3)nc(N3CCN(C(=O)/C=C/CCO)C(C4CC4)C3)c(C#N)c2C)c1. The van der Waals surface area contributed by atoms with Crippen LogP contribution in [0.15, 0.2) is 31.0 Å². The lowest BCUT2D eigenvalue weighted by Gasteiger charge is -2.42. The molecule has 1 amide bonds. The Hall–Kier alpha value is -3.57. The summed E-state index contributed by atoms with van der Waals surface area (Å²) in [7, 11) is 0. The highest BCUT2D eigenvalue weighted by Crippen LogP contribution is 2.46. The standard InChI is InChI=1S/C28H32N6O2/c1-3-19-14-23(32-30-16-19)26-18(2)22(15-29)28(31-27(26)21-9-10-21)33-11-12-34(24(17-33)20-7-8-20)25(36)6-4-5-13-35/h3-4,6,14,16,20-21,24,35H,1,5,7-13,17H2,2H3/b6-4+. The Balaban J connectivity index is 1.50. The first-order valence-electron chi connectivity index (χ1n) is 12.8. The molecule has 2 aromatic rings. The summed E-state index contributed by atoms with van der Waals surface area (Å²) in [5.74, 6) is 1.56. The summed E-state index contributed by atoms with van der Waals surface area (Å²) in [6.07, 6.45) is 11.6. The molecule has 3 aliphatic rings. The number of aliphatic hydroxyl groups is 1. The first kappa shape index (κ1) is 24.1. The molecule has 2 aromatic heterocycles. The third-order valence-electron chi connectivity index (χ3n) is 7.42. The second-order valence-corrected chi connectivity index (χ2v) is 9.96. The molecule has 8 nitrogen and oxygen atoms in total. The van der Waals surface area contributed by atoms with E-state index in [0.717, 1.165) is 59.6 Å². The third kappa shape index (κ3) is 4.76. The molecule has 5 rings (SSSR count). The van der Waals surface area contributed by atoms with E-state index < -0.39 is 0 Å². The van der Waals surface area contributed by atoms with Crippen molar-refractivity contribution in [3.8, 4) is 17.3 Å². The molecule has 1 N–H and O–H groups in total. The quantitative estimate of drug-likeness (QED) is 0.571. The van der Waals surface area contributed by atoms with Gasteiger partial charge in [0.2, 0.25) is 5.91 Å². The van der Waals surface area contributed by atoms with Crippen molar-refractivity contribution in [2.45, 2.75) is 51.0 Å². The number of piperazine rings is 1. The molecule has 3 heterocycles. The summed E-state index contributed by atoms with van der Waals surface area (Å²) in [6.45, 7) is 7.74. The van der Waals surface area contributed by atoms with Crippen molar-refractivity contribution in [2.75, 3.05) is 31.1 Å². The lowest BCUT2D eigenvalue weighted by atomic mass is 9.95. The molecule has 0 bridgehead atoms. The number of amides is 1. The summed E-state index contributed by atoms with van der Waals surface area (Å²) in [6, 6.07) is 4.47. The van der Waals surface area contributed by atoms with Crippen molar-refractivity contribution in [1.82, 2.24) is 20.1 Å². The van der Waals surface area contributed by atoms with E-state index in [1.807, 2.05) is 17.9 Å². The number of carbonyl (C=O) groups excluding carboxylic acids is 1. The summed E-state index contributed by atoms with van der Waals surface area (Å²) in [4.78, 5) is 22.2. The number of anilines is 1. The Kier molecular flexibility index (Phi) is 6.84. The topological polar surface area (TPSA) is 106 Å². The van der Waals surface area contributed by atoms with E-state index in [0.29, 0.717) is 43.5 Å². The largest absolute Gasteiger partial charge is 0.396 e. The number of hydrogen-bond donors (Lipinski definition) is 1. The number of nitrogens with zero attached hydrogens (tertiary/aromatic N) is 6. The van der Waals surface area contributed by atoms with E-state index in [4.69, 9.17) is 10.1 Å². The summed E-state index contributed by atoms with van der Waals surface area (Å²) < 4.78 is 0. The van der Waals surface area contributed by atoms with Crippen molar-refractivity contribution < 1.29 is 9.90 Å². The number of aliphatic hydroxyl groups excluding tert-OH is 1. The van der Waals surface area contributed by atoms with Crippen LogP contribution in [0.25, 0.3) is 17.3 Å². The van der Waals surface area contributed by atoms with E-state index >= 15 is 0 Å². The zero-order valence-corrected chi connectivity index (χ0v) is 20.7. The number of aromatic nitrogens is 3. The van der Waals surface area contributed by atoms with Gasteiger partial charge in [0.15, 0.2) is 0 Å². The second-order valence-electron chi connectivity index (χ2n) is 9.96. The van der Waals surface area contributed by atoms with Crippen LogP contribution in [0.5, 0.6) is 0 Å². The Bertz CT molecular complexity index is 1240. The third-order valence-corrected chi connectivity index (χ3v) is 7.42. The van der Waals surface area contributed by atoms with E-state index in [9.17, 15) is 10.1 Å². The van der Waals surface area contributed by atoms with Gasteiger partial charge in [0.25, 0.3) is 0 Å². The maximum absolute atomic E-state index is 12.9. The molecule has 0 spiro atoms. The van der Waals surface area contributed by atoms with Crippen LogP contribution in [-0.4, -0.2) is 63.4 Å². The predicted molar refractivity (Wildman–Crippen MR) is 138 cm³/mol. The van der Waals surface area contributed by atoms with Crippen LogP contribution >= 0.6 is 0 Å². The summed E-state index contributed by atoms with van der Waals surface area (Å²) >= 11 is 0. The van der Waals surface area contributed by atoms with Gasteiger partial charge >= 0.3 is 0 Å². The average molecular weight is 485 g/mol. The minimum absolute atomic E-state index is 0.000612. The molecule has 1 atom stereocenters. The van der Waals surface area contributed by atoms with E-state index in [1.54, 1.807) is 24.4 Å². The van der Waals surface area contributed by atoms with Gasteiger partial charge in [-0.15, -0.1) is 0 Å². The molecule has 186 valence electrons. The molecule has 1 saturated heterocycles. The van der Waals surface area contributed by atoms with Gasteiger partial charge in [-0.2, -0.15) is 15.5 Å². The fourth-order valence-electron chi connectivity index (χ4n) is 5.18. The van der Waals surface area contributed by atoms with Gasteiger partial charge in [0, 0.05) is 37.7 Å². The van der Waals surface area contributed by atoms with Gasteiger partial charge in [-0.1, -0.05) is 18.7 Å². The number of hydrogen-bond acceptors (Lipinski definition) is 7. The molecular weight excluding hydrogens is 452 g/mol. The van der Waals surface area contributed by atoms with Crippen LogP contribution in [0.2, 0.25) is 0 Å². The van der Waals surface area contributed by atoms with Gasteiger partial charge in [0.1, 0.15) is 11.9 Å². The monoisotopic (exact) mass is 484 g/mol. The summed E-state index contributed by atoms with van der Waals surface area (Å²) in [5, 5.41) is 27.8. The van der Waals surface area contributed by atoms with Crippen molar-refractivity contribution in [2.24, 2.45) is 5.92 Å². The molecule has 2 saturated carbocycles. The molecule has 0 aromatic carbocycles. The van der Waals surface area contributed by atoms with Crippen molar-refractivity contribution >= 4 is 17.8 Å². The smallest absolute Gasteiger partial charge is 0.246 e. The van der Waals surface area contributed by atoms with Crippen LogP contribution in [0, 0.1) is 24.2 Å². The maximum atomic E-state index is 12.9. The van der Waals surface area contributed by atoms with E-state index in [1.165, 1.54) is 0 Å². The number of nitriles is 1. The van der Waals surface area contributed by atoms with Crippen LogP contribution in [-0.2, 0) is 4.79 Å². The first-order valence-corrected chi connectivity index (χ1v) is 12.8. The zero-order chi connectivity index (χ0) is 25.2. The fourth-order valence-corrected chi connectivity index (χ4v) is 5.18. The zero-order valence-electron chi connectivity index (χ0n) is 20.7. The van der Waals surface area contributed by atoms with E-state index in [2.05, 4.69) is 27.7 Å². The lowest BCUT2D eigenvalue weighted by molar-refractivity contribution is -0.129. The Morgan fingerprint density at radius 2 is 2.11 bits per heavy atom. The summed E-state index contributed by atoms with van der Waals surface area (Å²) in [5.41, 5.74) is 4.96. The normalized spacial score (nSPS) is 20.0. The van der Waals surface area contributed by atoms with Crippen LogP contribution in [0.1, 0.15) is 60.4 Å². The first-order chi connectivity index (χ1) is 17.5. The molecule has 1 unspecified atom stereocenters. The highest BCUT2D eigenvalue weighted by Gasteiger charge is 2.41. The highest BCUT2D eigenvalue weighted by molar-refractivity contribution is 5.88. The van der Waals surface area contributed by atoms with E-state index in [-0.39, 0.29) is 18.6 Å². The number of carbonyl (C=O) groups is 1. The minimum atomic E-state index is -0.000612. The van der Waals surface area contributed by atoms with Crippen molar-refractivity contribution in [1.29, 1.82) is 5.26 Å². The Morgan fingerprint density at radius 3 is 2.78 bits per heavy atom. The predicted octanol–water partition coefficient (Wildman–Crippen LogP) is 3.60. The van der Waals surface area contributed by atoms with Gasteiger partial charge in [-0.3, -0.25) is 4.79 Å². The van der Waals surface area contributed by atoms with Crippen LogP contribution in [0.3, 0.4) is 0 Å². The maximum Gasteiger partial charge on any atom is 0.246 e. The number of rotatable bonds is 8. The average Bonchev–Trinajstić information content (AvgIpc) is 3.81. The van der Waals surface area contributed by atoms with Crippen molar-refractivity contribution in [3.05, 3.63) is 53.4 Å². The Morgan fingerprint density at radius 1 is 1.31 bits per heavy atom. The highest BCUT2D eigenvalue weighted by atomic mass is 16.2. The molecule has 2 aliphatic carbocycles. The lowest BCUT2D eigenvalue weighted by Crippen LogP contribution is -2.56. The molecule has 36 heavy (non-hydrogen) atoms. The molecule has 8 heteroatoms. The molecule has 1 aliphatic heterocycles. The molecule has 3 fully saturated rings. The van der Waals surface area contributed by atoms with Gasteiger partial charge in [-0.05, 0) is 68.2 Å². The Labute approximate surface area is 212 Å². The molecular formula is C28H32N6O2. The van der Waals surface area contributed by atoms with Crippen molar-refractivity contribution in [3.63, 3.8) is 0 Å². The van der Waals surface area contributed by atoms with Gasteiger partial charge < -0.3 is 14.9 Å². The van der Waals surface area contributed by atoms with Gasteiger partial charge in [-0.25, -0.2) is 4.98 Å².